The van der Waals surface area contributed by atoms with Gasteiger partial charge in [0.25, 0.3) is 0 Å². The molecule has 1 amide bonds. The molecule has 2 atom stereocenters. The largest absolute Gasteiger partial charge is 0.350 e. The van der Waals surface area contributed by atoms with E-state index in [9.17, 15) is 4.79 Å². The van der Waals surface area contributed by atoms with Gasteiger partial charge in [0.15, 0.2) is 0 Å². The van der Waals surface area contributed by atoms with Crippen LogP contribution in [0.5, 0.6) is 0 Å². The molecule has 0 spiro atoms. The third-order valence-electron chi connectivity index (χ3n) is 4.97. The molecule has 1 saturated carbocycles. The Kier molecular flexibility index (Phi) is 4.02. The maximum absolute atomic E-state index is 12.4. The van der Waals surface area contributed by atoms with Crippen molar-refractivity contribution in [2.45, 2.75) is 70.5 Å². The van der Waals surface area contributed by atoms with Gasteiger partial charge in [-0.1, -0.05) is 12.8 Å². The van der Waals surface area contributed by atoms with E-state index in [1.165, 1.54) is 12.8 Å². The van der Waals surface area contributed by atoms with Crippen molar-refractivity contribution in [2.24, 2.45) is 11.7 Å². The number of imidazole rings is 1. The Morgan fingerprint density at radius 1 is 1.48 bits per heavy atom. The number of amides is 1. The van der Waals surface area contributed by atoms with Crippen molar-refractivity contribution < 1.29 is 4.79 Å². The molecule has 2 heterocycles. The molecule has 1 aromatic heterocycles. The van der Waals surface area contributed by atoms with Gasteiger partial charge in [-0.3, -0.25) is 4.79 Å². The molecule has 3 N–H and O–H groups in total. The van der Waals surface area contributed by atoms with Gasteiger partial charge in [-0.15, -0.1) is 0 Å². The summed E-state index contributed by atoms with van der Waals surface area (Å²) in [6, 6.07) is 0. The molecule has 0 bridgehead atoms. The fourth-order valence-corrected chi connectivity index (χ4v) is 3.65. The summed E-state index contributed by atoms with van der Waals surface area (Å²) in [5, 5.41) is 3.04. The molecule has 21 heavy (non-hydrogen) atoms. The van der Waals surface area contributed by atoms with Gasteiger partial charge in [0.2, 0.25) is 5.91 Å². The molecular weight excluding hydrogens is 264 g/mol. The second-order valence-corrected chi connectivity index (χ2v) is 6.82. The molecule has 5 heteroatoms. The molecule has 2 unspecified atom stereocenters. The molecular formula is C16H26N4O. The number of aryl methyl sites for hydroxylation is 2. The van der Waals surface area contributed by atoms with Crippen molar-refractivity contribution in [3.05, 3.63) is 17.7 Å². The maximum atomic E-state index is 12.4. The molecule has 1 fully saturated rings. The van der Waals surface area contributed by atoms with Gasteiger partial charge in [0.05, 0.1) is 18.2 Å². The van der Waals surface area contributed by atoms with Crippen LogP contribution in [0.3, 0.4) is 0 Å². The second-order valence-electron chi connectivity index (χ2n) is 6.82. The van der Waals surface area contributed by atoms with Crippen LogP contribution in [0.4, 0.5) is 0 Å². The lowest BCUT2D eigenvalue weighted by atomic mass is 9.74. The molecule has 1 aliphatic carbocycles. The molecule has 5 nitrogen and oxygen atoms in total. The number of fused-ring (bicyclic) bond motifs is 1. The van der Waals surface area contributed by atoms with E-state index >= 15 is 0 Å². The minimum absolute atomic E-state index is 0.0662. The van der Waals surface area contributed by atoms with Crippen LogP contribution in [-0.4, -0.2) is 21.0 Å². The van der Waals surface area contributed by atoms with Crippen LogP contribution in [0.1, 0.15) is 57.0 Å². The highest BCUT2D eigenvalue weighted by Gasteiger charge is 2.37. The van der Waals surface area contributed by atoms with Crippen molar-refractivity contribution in [2.75, 3.05) is 0 Å². The number of aromatic nitrogens is 2. The van der Waals surface area contributed by atoms with E-state index in [1.54, 1.807) is 0 Å². The number of nitrogens with zero attached hydrogens (tertiary/aromatic N) is 2. The van der Waals surface area contributed by atoms with Crippen LogP contribution in [0, 0.1) is 5.92 Å². The third-order valence-corrected chi connectivity index (χ3v) is 4.97. The van der Waals surface area contributed by atoms with Gasteiger partial charge in [-0.2, -0.15) is 0 Å². The summed E-state index contributed by atoms with van der Waals surface area (Å²) in [6.45, 7) is 3.58. The van der Waals surface area contributed by atoms with Crippen LogP contribution in [0.15, 0.2) is 6.20 Å². The summed E-state index contributed by atoms with van der Waals surface area (Å²) < 4.78 is 2.22. The molecule has 3 rings (SSSR count). The van der Waals surface area contributed by atoms with Gasteiger partial charge in [0.1, 0.15) is 5.82 Å². The molecule has 0 radical (unpaired) electrons. The summed E-state index contributed by atoms with van der Waals surface area (Å²) in [5.74, 6) is 1.18. The average Bonchev–Trinajstić information content (AvgIpc) is 2.87. The Morgan fingerprint density at radius 2 is 2.33 bits per heavy atom. The van der Waals surface area contributed by atoms with Crippen molar-refractivity contribution in [1.82, 2.24) is 14.9 Å². The van der Waals surface area contributed by atoms with E-state index < -0.39 is 0 Å². The Morgan fingerprint density at radius 3 is 3.10 bits per heavy atom. The quantitative estimate of drug-likeness (QED) is 0.890. The number of carbonyl (C=O) groups is 1. The summed E-state index contributed by atoms with van der Waals surface area (Å²) in [4.78, 5) is 17.0. The van der Waals surface area contributed by atoms with Crippen molar-refractivity contribution >= 4 is 5.91 Å². The van der Waals surface area contributed by atoms with Crippen molar-refractivity contribution in [1.29, 1.82) is 0 Å². The lowest BCUT2D eigenvalue weighted by molar-refractivity contribution is -0.128. The molecule has 1 aromatic rings. The fourth-order valence-electron chi connectivity index (χ4n) is 3.65. The Labute approximate surface area is 126 Å². The molecule has 1 aliphatic heterocycles. The van der Waals surface area contributed by atoms with Gasteiger partial charge >= 0.3 is 0 Å². The van der Waals surface area contributed by atoms with E-state index in [0.29, 0.717) is 6.54 Å². The number of nitrogens with two attached hydrogens (primary N) is 1. The minimum Gasteiger partial charge on any atom is -0.350 e. The highest BCUT2D eigenvalue weighted by molar-refractivity contribution is 5.80. The number of rotatable bonds is 3. The second kappa shape index (κ2) is 5.79. The number of nitrogens with one attached hydrogen (secondary N) is 1. The minimum atomic E-state index is -0.365. The normalized spacial score (nSPS) is 29.0. The predicted octanol–water partition coefficient (Wildman–Crippen LogP) is 1.74. The lowest BCUT2D eigenvalue weighted by Crippen LogP contribution is -2.52. The van der Waals surface area contributed by atoms with Crippen LogP contribution < -0.4 is 11.1 Å². The average molecular weight is 290 g/mol. The van der Waals surface area contributed by atoms with Crippen LogP contribution in [-0.2, 0) is 24.3 Å². The Balaban J connectivity index is 1.59. The highest BCUT2D eigenvalue weighted by atomic mass is 16.1. The third kappa shape index (κ3) is 3.12. The smallest absolute Gasteiger partial charge is 0.225 e. The van der Waals surface area contributed by atoms with Gasteiger partial charge in [-0.05, 0) is 32.6 Å². The van der Waals surface area contributed by atoms with E-state index in [1.807, 2.05) is 6.92 Å². The Bertz CT molecular complexity index is 497. The van der Waals surface area contributed by atoms with Crippen molar-refractivity contribution in [3.8, 4) is 0 Å². The number of carbonyl (C=O) groups excluding carboxylic acids is 1. The SMILES string of the molecule is CC1(N)CCCCC1C(=O)NCc1cn2c(n1)CCCC2. The van der Waals surface area contributed by atoms with Crippen molar-refractivity contribution in [3.63, 3.8) is 0 Å². The topological polar surface area (TPSA) is 72.9 Å². The monoisotopic (exact) mass is 290 g/mol. The van der Waals surface area contributed by atoms with Crippen LogP contribution in [0.2, 0.25) is 0 Å². The zero-order valence-corrected chi connectivity index (χ0v) is 12.9. The summed E-state index contributed by atoms with van der Waals surface area (Å²) in [7, 11) is 0. The molecule has 0 aromatic carbocycles. The van der Waals surface area contributed by atoms with Crippen LogP contribution >= 0.6 is 0 Å². The summed E-state index contributed by atoms with van der Waals surface area (Å²) in [6.07, 6.45) is 9.64. The fraction of sp³-hybridized carbons (Fsp3) is 0.750. The standard InChI is InChI=1S/C16H26N4O/c1-16(17)8-4-2-6-13(16)15(21)18-10-12-11-20-9-5-3-7-14(20)19-12/h11,13H,2-10,17H2,1H3,(H,18,21). The number of hydrogen-bond donors (Lipinski definition) is 2. The van der Waals surface area contributed by atoms with E-state index in [-0.39, 0.29) is 17.4 Å². The first kappa shape index (κ1) is 14.6. The maximum Gasteiger partial charge on any atom is 0.225 e. The van der Waals surface area contributed by atoms with Gasteiger partial charge in [0, 0.05) is 24.7 Å². The molecule has 116 valence electrons. The summed E-state index contributed by atoms with van der Waals surface area (Å²) in [5.41, 5.74) is 6.89. The Hall–Kier alpha value is -1.36. The predicted molar refractivity (Wildman–Crippen MR) is 81.6 cm³/mol. The lowest BCUT2D eigenvalue weighted by Gasteiger charge is -2.37. The molecule has 0 saturated heterocycles. The first-order chi connectivity index (χ1) is 10.1. The molecule has 2 aliphatic rings. The zero-order valence-electron chi connectivity index (χ0n) is 12.9. The number of hydrogen-bond acceptors (Lipinski definition) is 3. The first-order valence-corrected chi connectivity index (χ1v) is 8.18. The van der Waals surface area contributed by atoms with Gasteiger partial charge < -0.3 is 15.6 Å². The highest BCUT2D eigenvalue weighted by Crippen LogP contribution is 2.31. The summed E-state index contributed by atoms with van der Waals surface area (Å²) >= 11 is 0. The van der Waals surface area contributed by atoms with E-state index in [2.05, 4.69) is 21.1 Å². The first-order valence-electron chi connectivity index (χ1n) is 8.18. The van der Waals surface area contributed by atoms with E-state index in [4.69, 9.17) is 5.73 Å². The van der Waals surface area contributed by atoms with Crippen LogP contribution in [0.25, 0.3) is 0 Å². The zero-order chi connectivity index (χ0) is 14.9. The van der Waals surface area contributed by atoms with Gasteiger partial charge in [-0.25, -0.2) is 4.98 Å². The van der Waals surface area contributed by atoms with E-state index in [0.717, 1.165) is 50.2 Å².